The van der Waals surface area contributed by atoms with Crippen molar-refractivity contribution in [3.8, 4) is 11.4 Å². The molecule has 3 rings (SSSR count). The third-order valence-electron chi connectivity index (χ3n) is 3.57. The van der Waals surface area contributed by atoms with Gasteiger partial charge in [-0.3, -0.25) is 4.79 Å². The van der Waals surface area contributed by atoms with Gasteiger partial charge in [0.1, 0.15) is 0 Å². The zero-order chi connectivity index (χ0) is 16.1. The van der Waals surface area contributed by atoms with E-state index in [1.807, 2.05) is 54.6 Å². The van der Waals surface area contributed by atoms with Crippen molar-refractivity contribution in [1.29, 1.82) is 0 Å². The Bertz CT molecular complexity index is 781. The molecule has 1 amide bonds. The first-order chi connectivity index (χ1) is 11.3. The molecule has 0 aliphatic carbocycles. The number of carbonyl (C=O) groups excluding carboxylic acids is 1. The van der Waals surface area contributed by atoms with Gasteiger partial charge in [0, 0.05) is 23.6 Å². The fourth-order valence-electron chi connectivity index (χ4n) is 2.21. The van der Waals surface area contributed by atoms with Crippen LogP contribution in [0.3, 0.4) is 0 Å². The second kappa shape index (κ2) is 6.83. The van der Waals surface area contributed by atoms with Crippen molar-refractivity contribution in [3.05, 3.63) is 78.1 Å². The molecule has 4 nitrogen and oxygen atoms in total. The number of nitrogens with zero attached hydrogens (tertiary/aromatic N) is 2. The van der Waals surface area contributed by atoms with Gasteiger partial charge in [0.05, 0.1) is 5.56 Å². The Kier molecular flexibility index (Phi) is 4.43. The lowest BCUT2D eigenvalue weighted by Crippen LogP contribution is -2.12. The molecule has 2 aromatic carbocycles. The van der Waals surface area contributed by atoms with Crippen LogP contribution in [0.4, 0.5) is 5.69 Å². The van der Waals surface area contributed by atoms with Crippen LogP contribution in [0, 0.1) is 0 Å². The third-order valence-corrected chi connectivity index (χ3v) is 3.57. The minimum Gasteiger partial charge on any atom is -0.322 e. The highest BCUT2D eigenvalue weighted by Gasteiger charge is 2.08. The van der Waals surface area contributed by atoms with Crippen LogP contribution < -0.4 is 5.32 Å². The quantitative estimate of drug-likeness (QED) is 0.793. The van der Waals surface area contributed by atoms with Crippen LogP contribution in [0.1, 0.15) is 22.8 Å². The molecule has 4 heteroatoms. The van der Waals surface area contributed by atoms with Gasteiger partial charge in [-0.2, -0.15) is 0 Å². The number of hydrogen-bond acceptors (Lipinski definition) is 3. The number of nitrogens with one attached hydrogen (secondary N) is 1. The van der Waals surface area contributed by atoms with Crippen LogP contribution in [0.2, 0.25) is 0 Å². The lowest BCUT2D eigenvalue weighted by molar-refractivity contribution is 0.102. The normalized spacial score (nSPS) is 10.3. The van der Waals surface area contributed by atoms with Crippen LogP contribution in [0.25, 0.3) is 11.4 Å². The molecule has 0 saturated heterocycles. The van der Waals surface area contributed by atoms with Crippen molar-refractivity contribution in [2.45, 2.75) is 13.3 Å². The van der Waals surface area contributed by atoms with Gasteiger partial charge in [0.2, 0.25) is 0 Å². The van der Waals surface area contributed by atoms with Crippen LogP contribution >= 0.6 is 0 Å². The number of aryl methyl sites for hydroxylation is 1. The molecule has 0 atom stereocenters. The molecule has 0 spiro atoms. The highest BCUT2D eigenvalue weighted by Crippen LogP contribution is 2.14. The molecule has 0 fully saturated rings. The molecule has 0 aliphatic heterocycles. The molecule has 0 unspecified atom stereocenters. The summed E-state index contributed by atoms with van der Waals surface area (Å²) in [5.41, 5.74) is 3.36. The van der Waals surface area contributed by atoms with Crippen LogP contribution in [0.5, 0.6) is 0 Å². The maximum Gasteiger partial charge on any atom is 0.258 e. The Hall–Kier alpha value is -3.01. The van der Waals surface area contributed by atoms with E-state index in [-0.39, 0.29) is 5.91 Å². The predicted molar refractivity (Wildman–Crippen MR) is 91.2 cm³/mol. The Morgan fingerprint density at radius 2 is 1.61 bits per heavy atom. The molecule has 1 aromatic heterocycles. The summed E-state index contributed by atoms with van der Waals surface area (Å²) in [7, 11) is 0. The summed E-state index contributed by atoms with van der Waals surface area (Å²) < 4.78 is 0. The van der Waals surface area contributed by atoms with Gasteiger partial charge in [0.15, 0.2) is 5.82 Å². The second-order valence-corrected chi connectivity index (χ2v) is 5.17. The molecule has 0 radical (unpaired) electrons. The van der Waals surface area contributed by atoms with Crippen LogP contribution in [0.15, 0.2) is 67.0 Å². The molecule has 23 heavy (non-hydrogen) atoms. The Balaban J connectivity index is 1.72. The van der Waals surface area contributed by atoms with E-state index in [2.05, 4.69) is 22.2 Å². The van der Waals surface area contributed by atoms with E-state index in [1.165, 1.54) is 5.56 Å². The first-order valence-corrected chi connectivity index (χ1v) is 7.54. The van der Waals surface area contributed by atoms with E-state index < -0.39 is 0 Å². The summed E-state index contributed by atoms with van der Waals surface area (Å²) in [5, 5.41) is 2.85. The van der Waals surface area contributed by atoms with Crippen molar-refractivity contribution in [3.63, 3.8) is 0 Å². The summed E-state index contributed by atoms with van der Waals surface area (Å²) in [6.45, 7) is 2.10. The van der Waals surface area contributed by atoms with E-state index in [9.17, 15) is 4.79 Å². The van der Waals surface area contributed by atoms with Gasteiger partial charge in [-0.1, -0.05) is 49.4 Å². The molecule has 114 valence electrons. The highest BCUT2D eigenvalue weighted by atomic mass is 16.1. The number of carbonyl (C=O) groups is 1. The predicted octanol–water partition coefficient (Wildman–Crippen LogP) is 3.96. The standard InChI is InChI=1S/C19H17N3O/c1-2-14-8-10-17(11-9-14)22-19(23)16-12-20-18(21-13-16)15-6-4-3-5-7-15/h3-13H,2H2,1H3,(H,22,23). The van der Waals surface area contributed by atoms with Crippen molar-refractivity contribution < 1.29 is 4.79 Å². The van der Waals surface area contributed by atoms with Crippen molar-refractivity contribution in [1.82, 2.24) is 9.97 Å². The number of rotatable bonds is 4. The van der Waals surface area contributed by atoms with E-state index in [0.717, 1.165) is 17.7 Å². The number of anilines is 1. The summed E-state index contributed by atoms with van der Waals surface area (Å²) >= 11 is 0. The monoisotopic (exact) mass is 303 g/mol. The molecule has 0 aliphatic rings. The van der Waals surface area contributed by atoms with Crippen molar-refractivity contribution in [2.75, 3.05) is 5.32 Å². The maximum absolute atomic E-state index is 12.2. The molecule has 0 saturated carbocycles. The Labute approximate surface area is 135 Å². The first kappa shape index (κ1) is 14.9. The van der Waals surface area contributed by atoms with Crippen LogP contribution in [-0.2, 0) is 6.42 Å². The largest absolute Gasteiger partial charge is 0.322 e. The molecule has 0 bridgehead atoms. The third kappa shape index (κ3) is 3.61. The van der Waals surface area contributed by atoms with Crippen molar-refractivity contribution >= 4 is 11.6 Å². The van der Waals surface area contributed by atoms with Gasteiger partial charge in [-0.25, -0.2) is 9.97 Å². The number of benzene rings is 2. The highest BCUT2D eigenvalue weighted by molar-refractivity contribution is 6.03. The SMILES string of the molecule is CCc1ccc(NC(=O)c2cnc(-c3ccccc3)nc2)cc1. The first-order valence-electron chi connectivity index (χ1n) is 7.54. The fourth-order valence-corrected chi connectivity index (χ4v) is 2.21. The summed E-state index contributed by atoms with van der Waals surface area (Å²) in [4.78, 5) is 20.8. The summed E-state index contributed by atoms with van der Waals surface area (Å²) in [6.07, 6.45) is 4.07. The van der Waals surface area contributed by atoms with E-state index >= 15 is 0 Å². The smallest absolute Gasteiger partial charge is 0.258 e. The minimum atomic E-state index is -0.214. The van der Waals surface area contributed by atoms with Gasteiger partial charge >= 0.3 is 0 Å². The average Bonchev–Trinajstić information content (AvgIpc) is 2.63. The maximum atomic E-state index is 12.2. The number of aromatic nitrogens is 2. The lowest BCUT2D eigenvalue weighted by atomic mass is 10.1. The van der Waals surface area contributed by atoms with Gasteiger partial charge in [0.25, 0.3) is 5.91 Å². The van der Waals surface area contributed by atoms with E-state index in [1.54, 1.807) is 12.4 Å². The van der Waals surface area contributed by atoms with Gasteiger partial charge in [-0.15, -0.1) is 0 Å². The Morgan fingerprint density at radius 1 is 0.957 bits per heavy atom. The number of hydrogen-bond donors (Lipinski definition) is 1. The molecular weight excluding hydrogens is 286 g/mol. The minimum absolute atomic E-state index is 0.214. The summed E-state index contributed by atoms with van der Waals surface area (Å²) in [5.74, 6) is 0.392. The Morgan fingerprint density at radius 3 is 2.22 bits per heavy atom. The topological polar surface area (TPSA) is 54.9 Å². The molecule has 1 heterocycles. The second-order valence-electron chi connectivity index (χ2n) is 5.17. The van der Waals surface area contributed by atoms with Gasteiger partial charge < -0.3 is 5.32 Å². The van der Waals surface area contributed by atoms with E-state index in [0.29, 0.717) is 11.4 Å². The van der Waals surface area contributed by atoms with Crippen molar-refractivity contribution in [2.24, 2.45) is 0 Å². The lowest BCUT2D eigenvalue weighted by Gasteiger charge is -2.06. The molecule has 1 N–H and O–H groups in total. The van der Waals surface area contributed by atoms with Gasteiger partial charge in [-0.05, 0) is 24.1 Å². The zero-order valence-corrected chi connectivity index (χ0v) is 12.9. The summed E-state index contributed by atoms with van der Waals surface area (Å²) in [6, 6.07) is 17.5. The fraction of sp³-hybridized carbons (Fsp3) is 0.105. The molecular formula is C19H17N3O. The van der Waals surface area contributed by atoms with Crippen LogP contribution in [-0.4, -0.2) is 15.9 Å². The van der Waals surface area contributed by atoms with E-state index in [4.69, 9.17) is 0 Å². The number of amides is 1. The zero-order valence-electron chi connectivity index (χ0n) is 12.9. The average molecular weight is 303 g/mol. The molecule has 3 aromatic rings.